The van der Waals surface area contributed by atoms with Gasteiger partial charge in [-0.15, -0.1) is 0 Å². The Bertz CT molecular complexity index is 886. The van der Waals surface area contributed by atoms with E-state index in [4.69, 9.17) is 4.52 Å². The molecule has 0 aliphatic carbocycles. The second-order valence-corrected chi connectivity index (χ2v) is 6.18. The van der Waals surface area contributed by atoms with E-state index in [1.165, 1.54) is 0 Å². The summed E-state index contributed by atoms with van der Waals surface area (Å²) in [5.41, 5.74) is 3.74. The van der Waals surface area contributed by atoms with Gasteiger partial charge in [0.25, 0.3) is 11.8 Å². The Morgan fingerprint density at radius 3 is 2.68 bits per heavy atom. The molecule has 0 unspecified atom stereocenters. The van der Waals surface area contributed by atoms with Crippen molar-refractivity contribution < 1.29 is 9.32 Å². The van der Waals surface area contributed by atoms with Gasteiger partial charge in [-0.2, -0.15) is 4.98 Å². The normalized spacial score (nSPS) is 10.7. The first-order chi connectivity index (χ1) is 12.0. The van der Waals surface area contributed by atoms with Crippen LogP contribution in [0.5, 0.6) is 0 Å². The molecule has 3 rings (SSSR count). The van der Waals surface area contributed by atoms with Gasteiger partial charge in [0.05, 0.1) is 0 Å². The SMILES string of the molecule is Cc1cccc(-c2nc(CCN(C)C(=O)c3ccccc3C)no2)c1. The second-order valence-electron chi connectivity index (χ2n) is 6.18. The maximum Gasteiger partial charge on any atom is 0.257 e. The summed E-state index contributed by atoms with van der Waals surface area (Å²) in [4.78, 5) is 18.6. The third-order valence-electron chi connectivity index (χ3n) is 4.13. The van der Waals surface area contributed by atoms with Crippen LogP contribution >= 0.6 is 0 Å². The van der Waals surface area contributed by atoms with E-state index < -0.39 is 0 Å². The van der Waals surface area contributed by atoms with E-state index >= 15 is 0 Å². The first-order valence-corrected chi connectivity index (χ1v) is 8.25. The summed E-state index contributed by atoms with van der Waals surface area (Å²) >= 11 is 0. The van der Waals surface area contributed by atoms with Crippen molar-refractivity contribution in [3.8, 4) is 11.5 Å². The molecule has 0 aliphatic rings. The van der Waals surface area contributed by atoms with E-state index in [0.29, 0.717) is 24.7 Å². The predicted molar refractivity (Wildman–Crippen MR) is 96.3 cm³/mol. The van der Waals surface area contributed by atoms with Gasteiger partial charge in [0.1, 0.15) is 0 Å². The second kappa shape index (κ2) is 7.30. The van der Waals surface area contributed by atoms with Crippen LogP contribution in [-0.4, -0.2) is 34.5 Å². The van der Waals surface area contributed by atoms with Crippen molar-refractivity contribution in [1.82, 2.24) is 15.0 Å². The molecule has 128 valence electrons. The fourth-order valence-corrected chi connectivity index (χ4v) is 2.64. The first kappa shape index (κ1) is 16.9. The van der Waals surface area contributed by atoms with Gasteiger partial charge in [0.2, 0.25) is 0 Å². The van der Waals surface area contributed by atoms with Crippen molar-refractivity contribution in [3.63, 3.8) is 0 Å². The van der Waals surface area contributed by atoms with Gasteiger partial charge >= 0.3 is 0 Å². The zero-order valence-electron chi connectivity index (χ0n) is 14.7. The van der Waals surface area contributed by atoms with E-state index in [9.17, 15) is 4.79 Å². The van der Waals surface area contributed by atoms with Crippen molar-refractivity contribution in [3.05, 3.63) is 71.0 Å². The minimum absolute atomic E-state index is 0.000465. The van der Waals surface area contributed by atoms with Gasteiger partial charge in [0, 0.05) is 31.1 Å². The van der Waals surface area contributed by atoms with Crippen LogP contribution in [0.15, 0.2) is 53.1 Å². The molecule has 0 N–H and O–H groups in total. The molecule has 25 heavy (non-hydrogen) atoms. The average Bonchev–Trinajstić information content (AvgIpc) is 3.08. The fourth-order valence-electron chi connectivity index (χ4n) is 2.64. The van der Waals surface area contributed by atoms with Gasteiger partial charge in [0.15, 0.2) is 5.82 Å². The zero-order valence-corrected chi connectivity index (χ0v) is 14.7. The molecule has 0 bridgehead atoms. The molecule has 0 aliphatic heterocycles. The molecule has 5 nitrogen and oxygen atoms in total. The number of hydrogen-bond donors (Lipinski definition) is 0. The summed E-state index contributed by atoms with van der Waals surface area (Å²) in [5.74, 6) is 1.10. The van der Waals surface area contributed by atoms with Gasteiger partial charge < -0.3 is 9.42 Å². The zero-order chi connectivity index (χ0) is 17.8. The molecule has 0 radical (unpaired) electrons. The smallest absolute Gasteiger partial charge is 0.257 e. The third kappa shape index (κ3) is 3.94. The number of aromatic nitrogens is 2. The Hall–Kier alpha value is -2.95. The lowest BCUT2D eigenvalue weighted by Crippen LogP contribution is -2.29. The lowest BCUT2D eigenvalue weighted by Gasteiger charge is -2.17. The highest BCUT2D eigenvalue weighted by Crippen LogP contribution is 2.18. The third-order valence-corrected chi connectivity index (χ3v) is 4.13. The highest BCUT2D eigenvalue weighted by atomic mass is 16.5. The van der Waals surface area contributed by atoms with Gasteiger partial charge in [-0.3, -0.25) is 4.79 Å². The summed E-state index contributed by atoms with van der Waals surface area (Å²) in [6, 6.07) is 15.5. The number of carbonyl (C=O) groups excluding carboxylic acids is 1. The Kier molecular flexibility index (Phi) is 4.93. The topological polar surface area (TPSA) is 59.2 Å². The number of carbonyl (C=O) groups is 1. The number of nitrogens with zero attached hydrogens (tertiary/aromatic N) is 3. The lowest BCUT2D eigenvalue weighted by molar-refractivity contribution is 0.0795. The quantitative estimate of drug-likeness (QED) is 0.714. The molecule has 5 heteroatoms. The number of hydrogen-bond acceptors (Lipinski definition) is 4. The van der Waals surface area contributed by atoms with Crippen LogP contribution in [0.2, 0.25) is 0 Å². The van der Waals surface area contributed by atoms with Crippen LogP contribution in [0.1, 0.15) is 27.3 Å². The molecule has 1 heterocycles. The van der Waals surface area contributed by atoms with Crippen molar-refractivity contribution >= 4 is 5.91 Å². The summed E-state index contributed by atoms with van der Waals surface area (Å²) in [7, 11) is 1.79. The predicted octanol–water partition coefficient (Wildman–Crippen LogP) is 3.67. The summed E-state index contributed by atoms with van der Waals surface area (Å²) < 4.78 is 5.34. The Morgan fingerprint density at radius 2 is 1.92 bits per heavy atom. The lowest BCUT2D eigenvalue weighted by atomic mass is 10.1. The molecular formula is C20H21N3O2. The summed E-state index contributed by atoms with van der Waals surface area (Å²) in [5, 5.41) is 4.02. The highest BCUT2D eigenvalue weighted by molar-refractivity contribution is 5.95. The van der Waals surface area contributed by atoms with Gasteiger partial charge in [-0.05, 0) is 37.6 Å². The van der Waals surface area contributed by atoms with Crippen LogP contribution in [0.4, 0.5) is 0 Å². The molecule has 0 atom stereocenters. The molecule has 1 amide bonds. The summed E-state index contributed by atoms with van der Waals surface area (Å²) in [6.07, 6.45) is 0.545. The van der Waals surface area contributed by atoms with E-state index in [0.717, 1.165) is 22.3 Å². The van der Waals surface area contributed by atoms with E-state index in [1.54, 1.807) is 11.9 Å². The number of amides is 1. The molecule has 2 aromatic carbocycles. The Balaban J connectivity index is 1.64. The highest BCUT2D eigenvalue weighted by Gasteiger charge is 2.15. The van der Waals surface area contributed by atoms with Crippen LogP contribution in [0, 0.1) is 13.8 Å². The molecule has 0 fully saturated rings. The minimum atomic E-state index is 0.000465. The standard InChI is InChI=1S/C20H21N3O2/c1-14-7-6-9-16(13-14)19-21-18(22-25-19)11-12-23(3)20(24)17-10-5-4-8-15(17)2/h4-10,13H,11-12H2,1-3H3. The molecule has 3 aromatic rings. The number of benzene rings is 2. The van der Waals surface area contributed by atoms with Crippen LogP contribution in [0.3, 0.4) is 0 Å². The van der Waals surface area contributed by atoms with Gasteiger partial charge in [-0.25, -0.2) is 0 Å². The minimum Gasteiger partial charge on any atom is -0.341 e. The molecule has 0 saturated heterocycles. The van der Waals surface area contributed by atoms with Crippen molar-refractivity contribution in [1.29, 1.82) is 0 Å². The number of likely N-dealkylation sites (N-methyl/N-ethyl adjacent to an activating group) is 1. The maximum absolute atomic E-state index is 12.5. The van der Waals surface area contributed by atoms with Crippen molar-refractivity contribution in [2.45, 2.75) is 20.3 Å². The Morgan fingerprint density at radius 1 is 1.12 bits per heavy atom. The van der Waals surface area contributed by atoms with Crippen molar-refractivity contribution in [2.75, 3.05) is 13.6 Å². The maximum atomic E-state index is 12.5. The van der Waals surface area contributed by atoms with Crippen LogP contribution < -0.4 is 0 Å². The molecule has 1 aromatic heterocycles. The van der Waals surface area contributed by atoms with Crippen LogP contribution in [-0.2, 0) is 6.42 Å². The average molecular weight is 335 g/mol. The van der Waals surface area contributed by atoms with E-state index in [-0.39, 0.29) is 5.91 Å². The van der Waals surface area contributed by atoms with Crippen molar-refractivity contribution in [2.24, 2.45) is 0 Å². The molecular weight excluding hydrogens is 314 g/mol. The van der Waals surface area contributed by atoms with E-state index in [2.05, 4.69) is 10.1 Å². The number of rotatable bonds is 5. The van der Waals surface area contributed by atoms with E-state index in [1.807, 2.05) is 62.4 Å². The van der Waals surface area contributed by atoms with Crippen LogP contribution in [0.25, 0.3) is 11.5 Å². The first-order valence-electron chi connectivity index (χ1n) is 8.25. The molecule has 0 spiro atoms. The monoisotopic (exact) mass is 335 g/mol. The fraction of sp³-hybridized carbons (Fsp3) is 0.250. The summed E-state index contributed by atoms with van der Waals surface area (Å²) in [6.45, 7) is 4.49. The largest absolute Gasteiger partial charge is 0.341 e. The van der Waals surface area contributed by atoms with Gasteiger partial charge in [-0.1, -0.05) is 41.1 Å². The Labute approximate surface area is 147 Å². The number of aryl methyl sites for hydroxylation is 2. The molecule has 0 saturated carbocycles.